The molecule has 0 aliphatic heterocycles. The lowest BCUT2D eigenvalue weighted by molar-refractivity contribution is -0.183. The normalized spacial score (nSPS) is 19.8. The minimum Gasteiger partial charge on any atom is -0.349 e. The molecule has 30 heavy (non-hydrogen) atoms. The number of nitrogens with one attached hydrogen (secondary N) is 1. The van der Waals surface area contributed by atoms with E-state index in [2.05, 4.69) is 15.4 Å². The van der Waals surface area contributed by atoms with Gasteiger partial charge in [0.05, 0.1) is 28.3 Å². The molecule has 158 valence electrons. The molecule has 1 amide bonds. The molecule has 5 nitrogen and oxygen atoms in total. The summed E-state index contributed by atoms with van der Waals surface area (Å²) in [5.74, 6) is -1.75. The fourth-order valence-corrected chi connectivity index (χ4v) is 4.26. The van der Waals surface area contributed by atoms with Crippen molar-refractivity contribution >= 4 is 16.9 Å². The number of aryl methyl sites for hydroxylation is 2. The van der Waals surface area contributed by atoms with Crippen molar-refractivity contribution in [2.75, 3.05) is 0 Å². The van der Waals surface area contributed by atoms with Gasteiger partial charge in [-0.15, -0.1) is 0 Å². The molecule has 0 radical (unpaired) electrons. The fourth-order valence-electron chi connectivity index (χ4n) is 4.26. The van der Waals surface area contributed by atoms with E-state index in [0.29, 0.717) is 40.8 Å². The van der Waals surface area contributed by atoms with Crippen LogP contribution in [-0.4, -0.2) is 32.9 Å². The van der Waals surface area contributed by atoms with E-state index in [1.165, 1.54) is 0 Å². The number of benzene rings is 1. The van der Waals surface area contributed by atoms with E-state index in [1.807, 2.05) is 30.3 Å². The van der Waals surface area contributed by atoms with Crippen molar-refractivity contribution in [3.8, 4) is 11.3 Å². The Balaban J connectivity index is 1.69. The average Bonchev–Trinajstić information content (AvgIpc) is 3.01. The Kier molecular flexibility index (Phi) is 5.26. The highest BCUT2D eigenvalue weighted by Crippen LogP contribution is 2.37. The second-order valence-corrected chi connectivity index (χ2v) is 7.90. The van der Waals surface area contributed by atoms with E-state index < -0.39 is 18.1 Å². The summed E-state index contributed by atoms with van der Waals surface area (Å²) in [6.07, 6.45) is -3.20. The van der Waals surface area contributed by atoms with Gasteiger partial charge in [0.15, 0.2) is 5.65 Å². The Morgan fingerprint density at radius 3 is 2.63 bits per heavy atom. The van der Waals surface area contributed by atoms with E-state index in [9.17, 15) is 18.0 Å². The van der Waals surface area contributed by atoms with E-state index in [4.69, 9.17) is 0 Å². The average molecular weight is 416 g/mol. The van der Waals surface area contributed by atoms with Crippen LogP contribution in [0.4, 0.5) is 13.2 Å². The molecule has 1 aliphatic carbocycles. The quantitative estimate of drug-likeness (QED) is 0.668. The van der Waals surface area contributed by atoms with Crippen LogP contribution in [0.2, 0.25) is 0 Å². The first-order valence-corrected chi connectivity index (χ1v) is 10.0. The number of carbonyl (C=O) groups excluding carboxylic acids is 1. The summed E-state index contributed by atoms with van der Waals surface area (Å²) in [6.45, 7) is 1.79. The predicted octanol–water partition coefficient (Wildman–Crippen LogP) is 4.79. The minimum atomic E-state index is -4.23. The molecular weight excluding hydrogens is 393 g/mol. The van der Waals surface area contributed by atoms with Gasteiger partial charge in [-0.05, 0) is 32.3 Å². The number of pyridine rings is 1. The Morgan fingerprint density at radius 2 is 1.93 bits per heavy atom. The van der Waals surface area contributed by atoms with Crippen molar-refractivity contribution in [3.63, 3.8) is 0 Å². The van der Waals surface area contributed by atoms with Gasteiger partial charge >= 0.3 is 6.18 Å². The molecule has 0 spiro atoms. The number of carbonyl (C=O) groups is 1. The van der Waals surface area contributed by atoms with Gasteiger partial charge in [0.1, 0.15) is 0 Å². The van der Waals surface area contributed by atoms with Crippen molar-refractivity contribution in [2.24, 2.45) is 13.0 Å². The number of aromatic nitrogens is 3. The maximum absolute atomic E-state index is 13.2. The Bertz CT molecular complexity index is 1080. The molecule has 0 saturated heterocycles. The summed E-state index contributed by atoms with van der Waals surface area (Å²) in [4.78, 5) is 17.8. The summed E-state index contributed by atoms with van der Waals surface area (Å²) >= 11 is 0. The van der Waals surface area contributed by atoms with Gasteiger partial charge in [0, 0.05) is 18.7 Å². The van der Waals surface area contributed by atoms with Crippen molar-refractivity contribution < 1.29 is 18.0 Å². The molecule has 2 heterocycles. The summed E-state index contributed by atoms with van der Waals surface area (Å²) in [6, 6.07) is 10.7. The Labute approximate surface area is 172 Å². The Hall–Kier alpha value is -2.90. The van der Waals surface area contributed by atoms with Crippen molar-refractivity contribution in [1.29, 1.82) is 0 Å². The lowest BCUT2D eigenvalue weighted by Crippen LogP contribution is -2.41. The molecule has 1 aromatic carbocycles. The molecule has 1 aliphatic rings. The van der Waals surface area contributed by atoms with Crippen LogP contribution in [0.1, 0.15) is 41.7 Å². The predicted molar refractivity (Wildman–Crippen MR) is 108 cm³/mol. The number of rotatable bonds is 3. The standard InChI is InChI=1S/C22H23F3N4O/c1-13-19-17(21(30)26-16-10-6-9-15(11-16)22(23,24)25)12-18(14-7-4-3-5-8-14)27-20(19)29(2)28-13/h3-5,7-8,12,15-16H,6,9-11H2,1-2H3,(H,26,30). The van der Waals surface area contributed by atoms with Crippen LogP contribution in [0, 0.1) is 12.8 Å². The molecule has 8 heteroatoms. The van der Waals surface area contributed by atoms with E-state index in [1.54, 1.807) is 24.7 Å². The first-order chi connectivity index (χ1) is 14.2. The van der Waals surface area contributed by atoms with E-state index in [0.717, 1.165) is 5.56 Å². The van der Waals surface area contributed by atoms with Crippen molar-refractivity contribution in [3.05, 3.63) is 47.7 Å². The zero-order chi connectivity index (χ0) is 21.5. The summed E-state index contributed by atoms with van der Waals surface area (Å²) in [5.41, 5.74) is 3.08. The molecule has 0 bridgehead atoms. The molecule has 3 aromatic rings. The zero-order valence-electron chi connectivity index (χ0n) is 16.8. The molecule has 1 fully saturated rings. The smallest absolute Gasteiger partial charge is 0.349 e. The third-order valence-electron chi connectivity index (χ3n) is 5.76. The van der Waals surface area contributed by atoms with Crippen LogP contribution < -0.4 is 5.32 Å². The number of alkyl halides is 3. The summed E-state index contributed by atoms with van der Waals surface area (Å²) < 4.78 is 41.1. The first kappa shape index (κ1) is 20.4. The molecule has 1 N–H and O–H groups in total. The molecule has 4 rings (SSSR count). The third kappa shape index (κ3) is 3.91. The van der Waals surface area contributed by atoms with Crippen molar-refractivity contribution in [2.45, 2.75) is 44.8 Å². The maximum Gasteiger partial charge on any atom is 0.391 e. The fraction of sp³-hybridized carbons (Fsp3) is 0.409. The lowest BCUT2D eigenvalue weighted by Gasteiger charge is -2.31. The molecule has 2 aromatic heterocycles. The number of amides is 1. The van der Waals surface area contributed by atoms with Crippen LogP contribution in [0.3, 0.4) is 0 Å². The van der Waals surface area contributed by atoms with Crippen LogP contribution in [0.5, 0.6) is 0 Å². The largest absolute Gasteiger partial charge is 0.391 e. The van der Waals surface area contributed by atoms with Gasteiger partial charge in [-0.2, -0.15) is 18.3 Å². The highest BCUT2D eigenvalue weighted by atomic mass is 19.4. The summed E-state index contributed by atoms with van der Waals surface area (Å²) in [5, 5.41) is 7.85. The number of hydrogen-bond donors (Lipinski definition) is 1. The number of nitrogens with zero attached hydrogens (tertiary/aromatic N) is 3. The molecular formula is C22H23F3N4O. The SMILES string of the molecule is Cc1nn(C)c2nc(-c3ccccc3)cc(C(=O)NC3CCCC(C(F)(F)F)C3)c12. The third-order valence-corrected chi connectivity index (χ3v) is 5.76. The van der Waals surface area contributed by atoms with Gasteiger partial charge in [-0.25, -0.2) is 4.98 Å². The van der Waals surface area contributed by atoms with Gasteiger partial charge in [0.2, 0.25) is 0 Å². The van der Waals surface area contributed by atoms with E-state index >= 15 is 0 Å². The van der Waals surface area contributed by atoms with Crippen molar-refractivity contribution in [1.82, 2.24) is 20.1 Å². The molecule has 2 atom stereocenters. The van der Waals surface area contributed by atoms with Crippen LogP contribution in [-0.2, 0) is 7.05 Å². The highest BCUT2D eigenvalue weighted by molar-refractivity contribution is 6.07. The van der Waals surface area contributed by atoms with Gasteiger partial charge in [0.25, 0.3) is 5.91 Å². The molecule has 2 unspecified atom stereocenters. The highest BCUT2D eigenvalue weighted by Gasteiger charge is 2.42. The zero-order valence-corrected chi connectivity index (χ0v) is 16.8. The number of halogens is 3. The minimum absolute atomic E-state index is 0.0823. The maximum atomic E-state index is 13.2. The second kappa shape index (κ2) is 7.74. The lowest BCUT2D eigenvalue weighted by atomic mass is 9.85. The van der Waals surface area contributed by atoms with Gasteiger partial charge in [-0.1, -0.05) is 36.8 Å². The second-order valence-electron chi connectivity index (χ2n) is 7.90. The van der Waals surface area contributed by atoms with Crippen LogP contribution >= 0.6 is 0 Å². The Morgan fingerprint density at radius 1 is 1.20 bits per heavy atom. The summed E-state index contributed by atoms with van der Waals surface area (Å²) in [7, 11) is 1.76. The first-order valence-electron chi connectivity index (χ1n) is 10.0. The number of fused-ring (bicyclic) bond motifs is 1. The van der Waals surface area contributed by atoms with Gasteiger partial charge in [-0.3, -0.25) is 9.48 Å². The van der Waals surface area contributed by atoms with Crippen LogP contribution in [0.25, 0.3) is 22.3 Å². The van der Waals surface area contributed by atoms with E-state index in [-0.39, 0.29) is 18.7 Å². The topological polar surface area (TPSA) is 59.8 Å². The van der Waals surface area contributed by atoms with Gasteiger partial charge < -0.3 is 5.32 Å². The van der Waals surface area contributed by atoms with Crippen LogP contribution in [0.15, 0.2) is 36.4 Å². The number of hydrogen-bond acceptors (Lipinski definition) is 3. The molecule has 1 saturated carbocycles. The monoisotopic (exact) mass is 416 g/mol.